The Morgan fingerprint density at radius 1 is 1.26 bits per heavy atom. The first-order chi connectivity index (χ1) is 11.3. The van der Waals surface area contributed by atoms with Gasteiger partial charge in [-0.2, -0.15) is 0 Å². The third-order valence-corrected chi connectivity index (χ3v) is 6.46. The summed E-state index contributed by atoms with van der Waals surface area (Å²) in [4.78, 5) is 22.9. The summed E-state index contributed by atoms with van der Waals surface area (Å²) >= 11 is 3.22. The minimum atomic E-state index is 0.0849. The number of aromatic nitrogens is 1. The molecule has 2 aliphatic rings. The van der Waals surface area contributed by atoms with Crippen LogP contribution >= 0.6 is 22.7 Å². The first-order valence-corrected chi connectivity index (χ1v) is 9.80. The molecule has 2 aromatic rings. The summed E-state index contributed by atoms with van der Waals surface area (Å²) in [6.45, 7) is 5.98. The zero-order chi connectivity index (χ0) is 15.6. The van der Waals surface area contributed by atoms with Crippen molar-refractivity contribution in [3.63, 3.8) is 0 Å². The Hall–Kier alpha value is -1.28. The standard InChI is InChI=1S/C16H20N4OS2/c21-16(13-11-23-15(18-13)14-2-1-9-22-14)20-6-3-12(10-20)19-7-4-17-5-8-19/h1-2,9,11-12,17H,3-8,10H2. The van der Waals surface area contributed by atoms with Crippen LogP contribution in [0, 0.1) is 0 Å². The van der Waals surface area contributed by atoms with E-state index in [2.05, 4.69) is 15.2 Å². The van der Waals surface area contributed by atoms with E-state index in [0.717, 1.165) is 55.6 Å². The molecule has 122 valence electrons. The molecule has 7 heteroatoms. The van der Waals surface area contributed by atoms with Gasteiger partial charge < -0.3 is 10.2 Å². The Labute approximate surface area is 143 Å². The number of likely N-dealkylation sites (tertiary alicyclic amines) is 1. The Kier molecular flexibility index (Phi) is 4.43. The summed E-state index contributed by atoms with van der Waals surface area (Å²) in [7, 11) is 0. The van der Waals surface area contributed by atoms with Gasteiger partial charge in [-0.05, 0) is 17.9 Å². The van der Waals surface area contributed by atoms with Crippen molar-refractivity contribution < 1.29 is 4.79 Å². The summed E-state index contributed by atoms with van der Waals surface area (Å²) in [6, 6.07) is 4.58. The second-order valence-corrected chi connectivity index (χ2v) is 7.80. The van der Waals surface area contributed by atoms with E-state index in [1.54, 1.807) is 22.7 Å². The molecule has 2 fully saturated rings. The van der Waals surface area contributed by atoms with Crippen molar-refractivity contribution in [1.82, 2.24) is 20.1 Å². The molecule has 23 heavy (non-hydrogen) atoms. The van der Waals surface area contributed by atoms with E-state index < -0.39 is 0 Å². The maximum Gasteiger partial charge on any atom is 0.273 e. The number of nitrogens with one attached hydrogen (secondary N) is 1. The summed E-state index contributed by atoms with van der Waals surface area (Å²) in [5, 5.41) is 8.27. The molecule has 5 nitrogen and oxygen atoms in total. The van der Waals surface area contributed by atoms with Crippen LogP contribution in [0.3, 0.4) is 0 Å². The van der Waals surface area contributed by atoms with Crippen molar-refractivity contribution in [2.24, 2.45) is 0 Å². The lowest BCUT2D eigenvalue weighted by molar-refractivity contribution is 0.0768. The monoisotopic (exact) mass is 348 g/mol. The largest absolute Gasteiger partial charge is 0.336 e. The van der Waals surface area contributed by atoms with E-state index in [1.807, 2.05) is 27.8 Å². The van der Waals surface area contributed by atoms with Crippen LogP contribution < -0.4 is 5.32 Å². The highest BCUT2D eigenvalue weighted by molar-refractivity contribution is 7.20. The smallest absolute Gasteiger partial charge is 0.273 e. The maximum atomic E-state index is 12.7. The average Bonchev–Trinajstić information content (AvgIpc) is 3.35. The minimum absolute atomic E-state index is 0.0849. The number of rotatable bonds is 3. The molecule has 2 saturated heterocycles. The lowest BCUT2D eigenvalue weighted by Gasteiger charge is -2.32. The molecule has 2 aliphatic heterocycles. The van der Waals surface area contributed by atoms with Crippen molar-refractivity contribution >= 4 is 28.6 Å². The van der Waals surface area contributed by atoms with Gasteiger partial charge >= 0.3 is 0 Å². The van der Waals surface area contributed by atoms with Crippen LogP contribution in [0.25, 0.3) is 9.88 Å². The molecule has 1 unspecified atom stereocenters. The minimum Gasteiger partial charge on any atom is -0.336 e. The SMILES string of the molecule is O=C(c1csc(-c2cccs2)n1)N1CCC(N2CCNCC2)C1. The first kappa shape index (κ1) is 15.3. The molecule has 2 aromatic heterocycles. The zero-order valence-electron chi connectivity index (χ0n) is 12.9. The number of carbonyl (C=O) groups excluding carboxylic acids is 1. The molecule has 1 atom stereocenters. The average molecular weight is 348 g/mol. The number of hydrogen-bond acceptors (Lipinski definition) is 6. The molecule has 4 heterocycles. The Balaban J connectivity index is 1.41. The molecular weight excluding hydrogens is 328 g/mol. The molecule has 1 amide bonds. The summed E-state index contributed by atoms with van der Waals surface area (Å²) in [5.41, 5.74) is 0.597. The van der Waals surface area contributed by atoms with E-state index in [-0.39, 0.29) is 5.91 Å². The van der Waals surface area contributed by atoms with Crippen molar-refractivity contribution in [2.75, 3.05) is 39.3 Å². The lowest BCUT2D eigenvalue weighted by Crippen LogP contribution is -2.49. The van der Waals surface area contributed by atoms with Gasteiger partial charge in [0, 0.05) is 50.7 Å². The fraction of sp³-hybridized carbons (Fsp3) is 0.500. The van der Waals surface area contributed by atoms with E-state index in [1.165, 1.54) is 0 Å². The molecule has 0 radical (unpaired) electrons. The van der Waals surface area contributed by atoms with Crippen molar-refractivity contribution in [3.8, 4) is 9.88 Å². The molecule has 0 aliphatic carbocycles. The van der Waals surface area contributed by atoms with Crippen LogP contribution in [0.4, 0.5) is 0 Å². The van der Waals surface area contributed by atoms with Crippen LogP contribution in [0.2, 0.25) is 0 Å². The number of amides is 1. The van der Waals surface area contributed by atoms with Crippen LogP contribution in [0.15, 0.2) is 22.9 Å². The fourth-order valence-corrected chi connectivity index (χ4v) is 4.93. The maximum absolute atomic E-state index is 12.7. The zero-order valence-corrected chi connectivity index (χ0v) is 14.5. The summed E-state index contributed by atoms with van der Waals surface area (Å²) in [5.74, 6) is 0.0849. The van der Waals surface area contributed by atoms with Gasteiger partial charge in [-0.1, -0.05) is 6.07 Å². The van der Waals surface area contributed by atoms with Crippen LogP contribution in [-0.4, -0.2) is 66.0 Å². The van der Waals surface area contributed by atoms with Crippen LogP contribution in [-0.2, 0) is 0 Å². The third kappa shape index (κ3) is 3.19. The van der Waals surface area contributed by atoms with E-state index in [9.17, 15) is 4.79 Å². The van der Waals surface area contributed by atoms with Gasteiger partial charge in [-0.3, -0.25) is 9.69 Å². The lowest BCUT2D eigenvalue weighted by atomic mass is 10.2. The molecule has 0 spiro atoms. The first-order valence-electron chi connectivity index (χ1n) is 8.05. The van der Waals surface area contributed by atoms with Crippen LogP contribution in [0.5, 0.6) is 0 Å². The highest BCUT2D eigenvalue weighted by atomic mass is 32.1. The molecular formula is C16H20N4OS2. The van der Waals surface area contributed by atoms with Gasteiger partial charge in [-0.15, -0.1) is 22.7 Å². The number of thiophene rings is 1. The summed E-state index contributed by atoms with van der Waals surface area (Å²) < 4.78 is 0. The quantitative estimate of drug-likeness (QED) is 0.922. The molecule has 0 aromatic carbocycles. The van der Waals surface area contributed by atoms with Gasteiger partial charge in [0.25, 0.3) is 5.91 Å². The molecule has 0 saturated carbocycles. The van der Waals surface area contributed by atoms with E-state index in [4.69, 9.17) is 0 Å². The highest BCUT2D eigenvalue weighted by Gasteiger charge is 2.32. The predicted molar refractivity (Wildman–Crippen MR) is 94.2 cm³/mol. The van der Waals surface area contributed by atoms with E-state index >= 15 is 0 Å². The van der Waals surface area contributed by atoms with Gasteiger partial charge in [-0.25, -0.2) is 4.98 Å². The van der Waals surface area contributed by atoms with Gasteiger partial charge in [0.2, 0.25) is 0 Å². The number of hydrogen-bond donors (Lipinski definition) is 1. The molecule has 0 bridgehead atoms. The fourth-order valence-electron chi connectivity index (χ4n) is 3.32. The van der Waals surface area contributed by atoms with Gasteiger partial charge in [0.15, 0.2) is 0 Å². The third-order valence-electron chi connectivity index (χ3n) is 4.57. The van der Waals surface area contributed by atoms with Gasteiger partial charge in [0.1, 0.15) is 10.7 Å². The van der Waals surface area contributed by atoms with Crippen molar-refractivity contribution in [2.45, 2.75) is 12.5 Å². The van der Waals surface area contributed by atoms with Crippen LogP contribution in [0.1, 0.15) is 16.9 Å². The summed E-state index contributed by atoms with van der Waals surface area (Å²) in [6.07, 6.45) is 1.08. The Morgan fingerprint density at radius 3 is 2.91 bits per heavy atom. The predicted octanol–water partition coefficient (Wildman–Crippen LogP) is 1.99. The normalized spacial score (nSPS) is 22.6. The number of nitrogens with zero attached hydrogens (tertiary/aromatic N) is 3. The topological polar surface area (TPSA) is 48.5 Å². The van der Waals surface area contributed by atoms with Gasteiger partial charge in [0.05, 0.1) is 4.88 Å². The Bertz CT molecular complexity index is 663. The molecule has 4 rings (SSSR count). The Morgan fingerprint density at radius 2 is 2.13 bits per heavy atom. The van der Waals surface area contributed by atoms with E-state index in [0.29, 0.717) is 11.7 Å². The van der Waals surface area contributed by atoms with Crippen molar-refractivity contribution in [1.29, 1.82) is 0 Å². The number of carbonyl (C=O) groups is 1. The second kappa shape index (κ2) is 6.68. The highest BCUT2D eigenvalue weighted by Crippen LogP contribution is 2.28. The second-order valence-electron chi connectivity index (χ2n) is 5.99. The number of piperazine rings is 1. The van der Waals surface area contributed by atoms with Crippen molar-refractivity contribution in [3.05, 3.63) is 28.6 Å². The molecule has 1 N–H and O–H groups in total. The number of thiazole rings is 1.